The lowest BCUT2D eigenvalue weighted by molar-refractivity contribution is 0.0698. The fraction of sp³-hybridized carbons (Fsp3) is 0. The predicted molar refractivity (Wildman–Crippen MR) is 77.9 cm³/mol. The van der Waals surface area contributed by atoms with Crippen LogP contribution in [0.3, 0.4) is 0 Å². The van der Waals surface area contributed by atoms with E-state index in [1.807, 2.05) is 0 Å². The molecular weight excluding hydrogens is 298 g/mol. The topological polar surface area (TPSA) is 83.5 Å². The molecule has 0 saturated heterocycles. The van der Waals surface area contributed by atoms with Crippen LogP contribution in [0, 0.1) is 0 Å². The van der Waals surface area contributed by atoms with Gasteiger partial charge in [0.25, 0.3) is 10.0 Å². The number of anilines is 1. The minimum absolute atomic E-state index is 0.0231. The number of para-hydroxylation sites is 1. The zero-order valence-corrected chi connectivity index (χ0v) is 11.9. The lowest BCUT2D eigenvalue weighted by Gasteiger charge is -2.10. The van der Waals surface area contributed by atoms with Crippen molar-refractivity contribution in [3.63, 3.8) is 0 Å². The van der Waals surface area contributed by atoms with Gasteiger partial charge in [-0.15, -0.1) is 12.6 Å². The molecule has 0 aromatic heterocycles. The van der Waals surface area contributed by atoms with Gasteiger partial charge in [0.2, 0.25) is 0 Å². The maximum absolute atomic E-state index is 12.2. The molecule has 5 nitrogen and oxygen atoms in total. The summed E-state index contributed by atoms with van der Waals surface area (Å²) in [6, 6.07) is 11.7. The Kier molecular flexibility index (Phi) is 4.01. The second-order valence-electron chi connectivity index (χ2n) is 3.95. The summed E-state index contributed by atoms with van der Waals surface area (Å²) < 4.78 is 26.6. The summed E-state index contributed by atoms with van der Waals surface area (Å²) >= 11 is 4.08. The number of hydrogen-bond acceptors (Lipinski definition) is 4. The summed E-state index contributed by atoms with van der Waals surface area (Å²) in [5.41, 5.74) is -0.0863. The second kappa shape index (κ2) is 5.56. The van der Waals surface area contributed by atoms with Gasteiger partial charge in [-0.05, 0) is 36.4 Å². The van der Waals surface area contributed by atoms with Crippen molar-refractivity contribution in [3.8, 4) is 0 Å². The zero-order chi connectivity index (χ0) is 14.8. The number of carbonyl (C=O) groups is 1. The minimum atomic E-state index is -3.83. The van der Waals surface area contributed by atoms with Gasteiger partial charge in [-0.25, -0.2) is 13.2 Å². The molecule has 0 aliphatic carbocycles. The first-order chi connectivity index (χ1) is 9.40. The molecule has 0 aliphatic rings. The number of nitrogens with one attached hydrogen (secondary N) is 1. The molecule has 104 valence electrons. The van der Waals surface area contributed by atoms with Gasteiger partial charge in [-0.1, -0.05) is 12.1 Å². The number of aromatic carboxylic acids is 1. The molecule has 2 aromatic rings. The molecule has 0 atom stereocenters. The van der Waals surface area contributed by atoms with Crippen molar-refractivity contribution in [2.24, 2.45) is 0 Å². The first kappa shape index (κ1) is 14.4. The van der Waals surface area contributed by atoms with Crippen LogP contribution < -0.4 is 4.72 Å². The smallest absolute Gasteiger partial charge is 0.337 e. The molecule has 0 radical (unpaired) electrons. The van der Waals surface area contributed by atoms with E-state index in [4.69, 9.17) is 5.11 Å². The summed E-state index contributed by atoms with van der Waals surface area (Å²) in [4.78, 5) is 11.7. The molecule has 0 aliphatic heterocycles. The Morgan fingerprint density at radius 1 is 1.05 bits per heavy atom. The van der Waals surface area contributed by atoms with Gasteiger partial charge in [0.05, 0.1) is 16.1 Å². The molecule has 2 rings (SSSR count). The van der Waals surface area contributed by atoms with Gasteiger partial charge in [-0.2, -0.15) is 0 Å². The predicted octanol–water partition coefficient (Wildman–Crippen LogP) is 2.47. The number of benzene rings is 2. The van der Waals surface area contributed by atoms with Crippen LogP contribution in [-0.2, 0) is 10.0 Å². The van der Waals surface area contributed by atoms with Crippen molar-refractivity contribution in [2.45, 2.75) is 9.79 Å². The highest BCUT2D eigenvalue weighted by molar-refractivity contribution is 7.92. The molecule has 20 heavy (non-hydrogen) atoms. The quantitative estimate of drug-likeness (QED) is 0.758. The van der Waals surface area contributed by atoms with Gasteiger partial charge < -0.3 is 5.11 Å². The third-order valence-corrected chi connectivity index (χ3v) is 4.23. The molecule has 0 bridgehead atoms. The van der Waals surface area contributed by atoms with Crippen LogP contribution in [0.2, 0.25) is 0 Å². The molecule has 0 unspecified atom stereocenters. The SMILES string of the molecule is O=C(O)c1ccccc1NS(=O)(=O)c1ccc(S)cc1. The van der Waals surface area contributed by atoms with E-state index in [0.717, 1.165) is 0 Å². The highest BCUT2D eigenvalue weighted by Crippen LogP contribution is 2.20. The molecule has 2 aromatic carbocycles. The van der Waals surface area contributed by atoms with Crippen molar-refractivity contribution >= 4 is 34.3 Å². The van der Waals surface area contributed by atoms with E-state index in [0.29, 0.717) is 4.90 Å². The highest BCUT2D eigenvalue weighted by atomic mass is 32.2. The van der Waals surface area contributed by atoms with Crippen LogP contribution in [0.15, 0.2) is 58.3 Å². The lowest BCUT2D eigenvalue weighted by Crippen LogP contribution is -2.15. The van der Waals surface area contributed by atoms with Crippen molar-refractivity contribution in [2.75, 3.05) is 4.72 Å². The summed E-state index contributed by atoms with van der Waals surface area (Å²) in [5, 5.41) is 9.02. The van der Waals surface area contributed by atoms with E-state index in [1.165, 1.54) is 30.3 Å². The largest absolute Gasteiger partial charge is 0.478 e. The molecule has 0 amide bonds. The van der Waals surface area contributed by atoms with Gasteiger partial charge in [0.1, 0.15) is 0 Å². The summed E-state index contributed by atoms with van der Waals surface area (Å²) in [6.45, 7) is 0. The zero-order valence-electron chi connectivity index (χ0n) is 10.1. The fourth-order valence-corrected chi connectivity index (χ4v) is 2.82. The maximum atomic E-state index is 12.2. The van der Waals surface area contributed by atoms with Gasteiger partial charge in [-0.3, -0.25) is 4.72 Å². The van der Waals surface area contributed by atoms with E-state index in [-0.39, 0.29) is 16.1 Å². The third-order valence-electron chi connectivity index (χ3n) is 2.55. The summed E-state index contributed by atoms with van der Waals surface area (Å²) in [7, 11) is -3.83. The van der Waals surface area contributed by atoms with Crippen LogP contribution in [0.1, 0.15) is 10.4 Å². The lowest BCUT2D eigenvalue weighted by atomic mass is 10.2. The Hall–Kier alpha value is -1.99. The normalized spacial score (nSPS) is 11.1. The third kappa shape index (κ3) is 3.12. The minimum Gasteiger partial charge on any atom is -0.478 e. The summed E-state index contributed by atoms with van der Waals surface area (Å²) in [5.74, 6) is -1.20. The summed E-state index contributed by atoms with van der Waals surface area (Å²) in [6.07, 6.45) is 0. The Balaban J connectivity index is 2.38. The van der Waals surface area contributed by atoms with E-state index < -0.39 is 16.0 Å². The Labute approximate surface area is 121 Å². The molecule has 7 heteroatoms. The van der Waals surface area contributed by atoms with E-state index in [2.05, 4.69) is 17.4 Å². The Bertz CT molecular complexity index is 739. The number of sulfonamides is 1. The number of hydrogen-bond donors (Lipinski definition) is 3. The molecular formula is C13H11NO4S2. The molecule has 2 N–H and O–H groups in total. The molecule has 0 spiro atoms. The van der Waals surface area contributed by atoms with Crippen LogP contribution in [0.25, 0.3) is 0 Å². The molecule has 0 heterocycles. The number of rotatable bonds is 4. The monoisotopic (exact) mass is 309 g/mol. The van der Waals surface area contributed by atoms with Crippen molar-refractivity contribution in [3.05, 3.63) is 54.1 Å². The van der Waals surface area contributed by atoms with E-state index in [1.54, 1.807) is 18.2 Å². The van der Waals surface area contributed by atoms with Crippen LogP contribution >= 0.6 is 12.6 Å². The Morgan fingerprint density at radius 2 is 1.65 bits per heavy atom. The average molecular weight is 309 g/mol. The fourth-order valence-electron chi connectivity index (χ4n) is 1.59. The molecule has 0 saturated carbocycles. The van der Waals surface area contributed by atoms with Gasteiger partial charge in [0, 0.05) is 4.90 Å². The van der Waals surface area contributed by atoms with E-state index in [9.17, 15) is 13.2 Å². The van der Waals surface area contributed by atoms with Gasteiger partial charge >= 0.3 is 5.97 Å². The number of carboxylic acids is 1. The van der Waals surface area contributed by atoms with Crippen molar-refractivity contribution in [1.29, 1.82) is 0 Å². The van der Waals surface area contributed by atoms with Gasteiger partial charge in [0.15, 0.2) is 0 Å². The standard InChI is InChI=1S/C13H11NO4S2/c15-13(16)11-3-1-2-4-12(11)14-20(17,18)10-7-5-9(19)6-8-10/h1-8,14,19H,(H,15,16). The van der Waals surface area contributed by atoms with Crippen LogP contribution in [0.5, 0.6) is 0 Å². The second-order valence-corrected chi connectivity index (χ2v) is 6.15. The number of thiol groups is 1. The highest BCUT2D eigenvalue weighted by Gasteiger charge is 2.17. The van der Waals surface area contributed by atoms with Crippen LogP contribution in [0.4, 0.5) is 5.69 Å². The van der Waals surface area contributed by atoms with Crippen molar-refractivity contribution in [1.82, 2.24) is 0 Å². The average Bonchev–Trinajstić information content (AvgIpc) is 2.39. The van der Waals surface area contributed by atoms with Crippen LogP contribution in [-0.4, -0.2) is 19.5 Å². The first-order valence-corrected chi connectivity index (χ1v) is 7.47. The maximum Gasteiger partial charge on any atom is 0.337 e. The van der Waals surface area contributed by atoms with E-state index >= 15 is 0 Å². The first-order valence-electron chi connectivity index (χ1n) is 5.54. The molecule has 0 fully saturated rings. The number of carboxylic acid groups (broad SMARTS) is 1. The van der Waals surface area contributed by atoms with Crippen molar-refractivity contribution < 1.29 is 18.3 Å². The Morgan fingerprint density at radius 3 is 2.25 bits per heavy atom.